The van der Waals surface area contributed by atoms with Crippen molar-refractivity contribution in [2.24, 2.45) is 52.3 Å². The highest BCUT2D eigenvalue weighted by molar-refractivity contribution is 5.84. The lowest BCUT2D eigenvalue weighted by Crippen LogP contribution is -2.55. The molecular weight excluding hydrogens is 474 g/mol. The number of benzene rings is 1. The van der Waals surface area contributed by atoms with Gasteiger partial charge in [-0.15, -0.1) is 5.10 Å². The highest BCUT2D eigenvalue weighted by Gasteiger charge is 2.64. The first kappa shape index (κ1) is 26.3. The molecule has 1 heterocycles. The van der Waals surface area contributed by atoms with E-state index in [9.17, 15) is 9.90 Å². The molecule has 4 aliphatic carbocycles. The number of carbonyl (C=O) groups excluding carboxylic acids is 1. The van der Waals surface area contributed by atoms with Crippen LogP contribution in [-0.2, 0) is 11.3 Å². The lowest BCUT2D eigenvalue weighted by molar-refractivity contribution is -0.151. The van der Waals surface area contributed by atoms with E-state index in [1.165, 1.54) is 25.7 Å². The molecule has 0 spiro atoms. The van der Waals surface area contributed by atoms with Crippen LogP contribution in [0.15, 0.2) is 18.2 Å². The topological polar surface area (TPSA) is 77.2 Å². The number of ketones is 1. The van der Waals surface area contributed by atoms with Crippen molar-refractivity contribution in [2.75, 3.05) is 7.11 Å². The Kier molecular flexibility index (Phi) is 6.25. The summed E-state index contributed by atoms with van der Waals surface area (Å²) in [6.07, 6.45) is 9.10. The van der Waals surface area contributed by atoms with Gasteiger partial charge in [-0.1, -0.05) is 32.9 Å². The van der Waals surface area contributed by atoms with Crippen molar-refractivity contribution in [2.45, 2.75) is 98.1 Å². The van der Waals surface area contributed by atoms with E-state index in [1.807, 2.05) is 25.1 Å². The third-order valence-electron chi connectivity index (χ3n) is 12.3. The summed E-state index contributed by atoms with van der Waals surface area (Å²) in [5.74, 6) is 4.75. The first-order chi connectivity index (χ1) is 18.0. The van der Waals surface area contributed by atoms with Crippen molar-refractivity contribution in [3.05, 3.63) is 18.2 Å². The van der Waals surface area contributed by atoms with E-state index in [2.05, 4.69) is 38.0 Å². The monoisotopic (exact) mass is 521 g/mol. The number of rotatable bonds is 5. The van der Waals surface area contributed by atoms with Crippen LogP contribution < -0.4 is 4.74 Å². The number of ether oxygens (including phenoxy) is 1. The van der Waals surface area contributed by atoms with Crippen molar-refractivity contribution in [3.63, 3.8) is 0 Å². The molecule has 4 fully saturated rings. The number of aliphatic hydroxyl groups is 1. The van der Waals surface area contributed by atoms with Crippen molar-refractivity contribution in [3.8, 4) is 5.75 Å². The van der Waals surface area contributed by atoms with Crippen LogP contribution >= 0.6 is 0 Å². The van der Waals surface area contributed by atoms with Crippen LogP contribution in [0.25, 0.3) is 11.0 Å². The first-order valence-electron chi connectivity index (χ1n) is 15.1. The molecule has 1 N–H and O–H groups in total. The number of aromatic nitrogens is 3. The number of Topliss-reactive ketones (excluding diaryl/α,β-unsaturated/α-hetero) is 1. The molecule has 4 aliphatic rings. The van der Waals surface area contributed by atoms with Crippen molar-refractivity contribution in [1.82, 2.24) is 15.0 Å². The Labute approximate surface area is 227 Å². The van der Waals surface area contributed by atoms with Crippen molar-refractivity contribution in [1.29, 1.82) is 0 Å². The lowest BCUT2D eigenvalue weighted by Gasteiger charge is -2.61. The zero-order chi connectivity index (χ0) is 27.0. The van der Waals surface area contributed by atoms with Crippen LogP contribution in [0.5, 0.6) is 5.75 Å². The van der Waals surface area contributed by atoms with Gasteiger partial charge in [-0.25, -0.2) is 4.68 Å². The van der Waals surface area contributed by atoms with Crippen LogP contribution in [0.4, 0.5) is 0 Å². The molecule has 4 saturated carbocycles. The van der Waals surface area contributed by atoms with Crippen molar-refractivity contribution >= 4 is 16.8 Å². The van der Waals surface area contributed by atoms with E-state index in [0.717, 1.165) is 48.4 Å². The first-order valence-corrected chi connectivity index (χ1v) is 15.1. The molecule has 6 rings (SSSR count). The molecule has 0 aliphatic heterocycles. The molecule has 38 heavy (non-hydrogen) atoms. The summed E-state index contributed by atoms with van der Waals surface area (Å²) in [6, 6.07) is 5.77. The van der Waals surface area contributed by atoms with E-state index in [-0.39, 0.29) is 11.3 Å². The van der Waals surface area contributed by atoms with Crippen LogP contribution in [-0.4, -0.2) is 38.6 Å². The van der Waals surface area contributed by atoms with E-state index < -0.39 is 5.60 Å². The summed E-state index contributed by atoms with van der Waals surface area (Å²) < 4.78 is 7.15. The maximum absolute atomic E-state index is 14.2. The van der Waals surface area contributed by atoms with Crippen LogP contribution in [0.3, 0.4) is 0 Å². The molecule has 0 radical (unpaired) electrons. The van der Waals surface area contributed by atoms with E-state index in [1.54, 1.807) is 11.8 Å². The van der Waals surface area contributed by atoms with Gasteiger partial charge in [0.1, 0.15) is 17.8 Å². The van der Waals surface area contributed by atoms with E-state index in [0.29, 0.717) is 47.3 Å². The van der Waals surface area contributed by atoms with Crippen molar-refractivity contribution < 1.29 is 14.6 Å². The molecule has 2 aromatic rings. The molecule has 9 atom stereocenters. The largest absolute Gasteiger partial charge is 0.497 e. The minimum Gasteiger partial charge on any atom is -0.497 e. The molecule has 1 aromatic heterocycles. The molecule has 0 bridgehead atoms. The molecule has 0 unspecified atom stereocenters. The average Bonchev–Trinajstić information content (AvgIpc) is 3.42. The van der Waals surface area contributed by atoms with Gasteiger partial charge < -0.3 is 9.84 Å². The fourth-order valence-corrected chi connectivity index (χ4v) is 10.2. The van der Waals surface area contributed by atoms with Gasteiger partial charge in [0, 0.05) is 12.0 Å². The fraction of sp³-hybridized carbons (Fsp3) is 0.781. The summed E-state index contributed by atoms with van der Waals surface area (Å²) >= 11 is 0. The highest BCUT2D eigenvalue weighted by Crippen LogP contribution is 2.69. The number of hydrogen-bond acceptors (Lipinski definition) is 5. The van der Waals surface area contributed by atoms with Gasteiger partial charge in [0.2, 0.25) is 0 Å². The second kappa shape index (κ2) is 9.04. The molecule has 6 heteroatoms. The number of hydrogen-bond donors (Lipinski definition) is 1. The Morgan fingerprint density at radius 1 is 1.11 bits per heavy atom. The molecule has 1 aromatic carbocycles. The Hall–Kier alpha value is -1.95. The Morgan fingerprint density at radius 2 is 1.89 bits per heavy atom. The van der Waals surface area contributed by atoms with Gasteiger partial charge in [-0.3, -0.25) is 4.79 Å². The summed E-state index contributed by atoms with van der Waals surface area (Å²) in [5, 5.41) is 19.6. The van der Waals surface area contributed by atoms with Gasteiger partial charge in [-0.2, -0.15) is 0 Å². The van der Waals surface area contributed by atoms with Gasteiger partial charge in [0.05, 0.1) is 18.2 Å². The summed E-state index contributed by atoms with van der Waals surface area (Å²) in [6.45, 7) is 12.0. The van der Waals surface area contributed by atoms with Gasteiger partial charge >= 0.3 is 0 Å². The second-order valence-electron chi connectivity index (χ2n) is 14.6. The average molecular weight is 522 g/mol. The normalized spacial score (nSPS) is 42.5. The van der Waals surface area contributed by atoms with E-state index >= 15 is 0 Å². The van der Waals surface area contributed by atoms with Gasteiger partial charge in [0.15, 0.2) is 5.78 Å². The Bertz CT molecular complexity index is 1220. The summed E-state index contributed by atoms with van der Waals surface area (Å²) in [5.41, 5.74) is 1.55. The van der Waals surface area contributed by atoms with Gasteiger partial charge in [0.25, 0.3) is 0 Å². The second-order valence-corrected chi connectivity index (χ2v) is 14.6. The molecule has 0 saturated heterocycles. The van der Waals surface area contributed by atoms with Crippen LogP contribution in [0.1, 0.15) is 86.0 Å². The van der Waals surface area contributed by atoms with Gasteiger partial charge in [-0.05, 0) is 117 Å². The molecule has 0 amide bonds. The fourth-order valence-electron chi connectivity index (χ4n) is 10.2. The minimum atomic E-state index is -0.496. The number of fused-ring (bicyclic) bond motifs is 6. The zero-order valence-electron chi connectivity index (χ0n) is 24.2. The smallest absolute Gasteiger partial charge is 0.158 e. The standard InChI is InChI=1S/C32H47N3O3/c1-19(2)23-16-25-22-9-7-20-17-30(3,37)13-14-31(20,4)24(22)11-12-32(25,5)29(23)28(36)18-35-27-10-8-21(38-6)15-26(27)33-34-35/h8,10,15,19-20,22-25,29,37H,7,9,11-14,16-18H2,1-6H3/t20-,22+,23-,24-,25-,29+,30+,31-,32-/m0/s1. The highest BCUT2D eigenvalue weighted by atomic mass is 16.5. The summed E-state index contributed by atoms with van der Waals surface area (Å²) in [7, 11) is 1.65. The molecule has 6 nitrogen and oxygen atoms in total. The molecular formula is C32H47N3O3. The third kappa shape index (κ3) is 3.95. The third-order valence-corrected chi connectivity index (χ3v) is 12.3. The predicted octanol–water partition coefficient (Wildman–Crippen LogP) is 6.30. The zero-order valence-corrected chi connectivity index (χ0v) is 24.2. The SMILES string of the molecule is COc1ccc2c(c1)nnn2CC(=O)[C@H]1[C@H](C(C)C)C[C@H]2[C@@H]3CC[C@H]4C[C@](C)(O)CC[C@]4(C)[C@H]3CC[C@@]21C. The Morgan fingerprint density at radius 3 is 2.63 bits per heavy atom. The quantitative estimate of drug-likeness (QED) is 0.500. The number of carbonyl (C=O) groups is 1. The maximum Gasteiger partial charge on any atom is 0.158 e. The number of methoxy groups -OCH3 is 1. The summed E-state index contributed by atoms with van der Waals surface area (Å²) in [4.78, 5) is 14.2. The van der Waals surface area contributed by atoms with E-state index in [4.69, 9.17) is 4.74 Å². The predicted molar refractivity (Wildman–Crippen MR) is 149 cm³/mol. The lowest BCUT2D eigenvalue weighted by atomic mass is 9.44. The minimum absolute atomic E-state index is 0.0517. The van der Waals surface area contributed by atoms with Crippen LogP contribution in [0, 0.1) is 52.3 Å². The molecule has 208 valence electrons. The Balaban J connectivity index is 1.28. The maximum atomic E-state index is 14.2. The van der Waals surface area contributed by atoms with Crippen LogP contribution in [0.2, 0.25) is 0 Å². The number of nitrogens with zero attached hydrogens (tertiary/aromatic N) is 3.